The van der Waals surface area contributed by atoms with Crippen molar-refractivity contribution >= 4 is 15.9 Å². The summed E-state index contributed by atoms with van der Waals surface area (Å²) < 4.78 is 22.1. The minimum absolute atomic E-state index is 0.129. The molecule has 3 N–H and O–H groups in total. The Morgan fingerprint density at radius 3 is 2.22 bits per heavy atom. The normalized spacial score (nSPS) is 11.3. The molecule has 2 rings (SSSR count). The predicted molar refractivity (Wildman–Crippen MR) is 90.3 cm³/mol. The highest BCUT2D eigenvalue weighted by molar-refractivity contribution is 7.88. The van der Waals surface area contributed by atoms with E-state index in [1.54, 1.807) is 24.3 Å². The van der Waals surface area contributed by atoms with E-state index in [0.29, 0.717) is 17.7 Å². The Morgan fingerprint density at radius 1 is 1.04 bits per heavy atom. The second kappa shape index (κ2) is 6.93. The number of benzene rings is 2. The molecular weight excluding hydrogens is 312 g/mol. The molecule has 0 atom stereocenters. The zero-order chi connectivity index (χ0) is 17.0. The Kier molecular flexibility index (Phi) is 5.18. The van der Waals surface area contributed by atoms with E-state index in [1.165, 1.54) is 0 Å². The van der Waals surface area contributed by atoms with Crippen molar-refractivity contribution in [1.82, 2.24) is 5.32 Å². The van der Waals surface area contributed by atoms with E-state index in [2.05, 4.69) is 5.32 Å². The van der Waals surface area contributed by atoms with Crippen molar-refractivity contribution in [2.24, 2.45) is 5.14 Å². The van der Waals surface area contributed by atoms with Crippen LogP contribution in [0.4, 0.5) is 0 Å². The molecule has 6 heteroatoms. The van der Waals surface area contributed by atoms with Crippen molar-refractivity contribution < 1.29 is 13.2 Å². The van der Waals surface area contributed by atoms with Crippen LogP contribution >= 0.6 is 0 Å². The van der Waals surface area contributed by atoms with E-state index in [9.17, 15) is 13.2 Å². The molecule has 0 aliphatic carbocycles. The summed E-state index contributed by atoms with van der Waals surface area (Å²) in [5, 5.41) is 7.87. The SMILES string of the molecule is Cc1ccc(C(=O)NCc2ccc(CS(N)(=O)=O)cc2)c(C)c1. The molecule has 0 saturated carbocycles. The molecule has 0 aliphatic heterocycles. The van der Waals surface area contributed by atoms with E-state index in [4.69, 9.17) is 5.14 Å². The number of nitrogens with two attached hydrogens (primary N) is 1. The van der Waals surface area contributed by atoms with Gasteiger partial charge < -0.3 is 5.32 Å². The van der Waals surface area contributed by atoms with Crippen molar-refractivity contribution in [1.29, 1.82) is 0 Å². The van der Waals surface area contributed by atoms with Crippen LogP contribution in [0.3, 0.4) is 0 Å². The summed E-state index contributed by atoms with van der Waals surface area (Å²) in [6.45, 7) is 4.27. The van der Waals surface area contributed by atoms with E-state index in [1.807, 2.05) is 32.0 Å². The summed E-state index contributed by atoms with van der Waals surface area (Å²) >= 11 is 0. The lowest BCUT2D eigenvalue weighted by Gasteiger charge is -2.09. The number of carbonyl (C=O) groups is 1. The van der Waals surface area contributed by atoms with Gasteiger partial charge in [-0.3, -0.25) is 4.79 Å². The fourth-order valence-electron chi connectivity index (χ4n) is 2.33. The van der Waals surface area contributed by atoms with Crippen LogP contribution in [0.2, 0.25) is 0 Å². The van der Waals surface area contributed by atoms with Crippen molar-refractivity contribution in [3.05, 3.63) is 70.3 Å². The maximum absolute atomic E-state index is 12.2. The Labute approximate surface area is 136 Å². The Bertz CT molecular complexity index is 812. The average Bonchev–Trinajstić information content (AvgIpc) is 2.44. The van der Waals surface area contributed by atoms with E-state index < -0.39 is 10.0 Å². The molecular formula is C17H20N2O3S. The average molecular weight is 332 g/mol. The minimum Gasteiger partial charge on any atom is -0.348 e. The number of hydrogen-bond donors (Lipinski definition) is 2. The molecule has 0 unspecified atom stereocenters. The van der Waals surface area contributed by atoms with Crippen LogP contribution in [0.15, 0.2) is 42.5 Å². The monoisotopic (exact) mass is 332 g/mol. The standard InChI is InChI=1S/C17H20N2O3S/c1-12-3-8-16(13(2)9-12)17(20)19-10-14-4-6-15(7-5-14)11-23(18,21)22/h3-9H,10-11H2,1-2H3,(H,19,20)(H2,18,21,22). The third-order valence-electron chi connectivity index (χ3n) is 3.47. The Hall–Kier alpha value is -2.18. The molecule has 0 heterocycles. The number of nitrogens with one attached hydrogen (secondary N) is 1. The van der Waals surface area contributed by atoms with Crippen LogP contribution in [-0.4, -0.2) is 14.3 Å². The number of aryl methyl sites for hydroxylation is 2. The van der Waals surface area contributed by atoms with Crippen LogP contribution in [0.25, 0.3) is 0 Å². The summed E-state index contributed by atoms with van der Waals surface area (Å²) in [6, 6.07) is 12.6. The lowest BCUT2D eigenvalue weighted by atomic mass is 10.1. The van der Waals surface area contributed by atoms with Gasteiger partial charge in [-0.1, -0.05) is 42.0 Å². The van der Waals surface area contributed by atoms with Crippen LogP contribution in [0.5, 0.6) is 0 Å². The van der Waals surface area contributed by atoms with Crippen LogP contribution < -0.4 is 10.5 Å². The second-order valence-corrected chi connectivity index (χ2v) is 7.24. The largest absolute Gasteiger partial charge is 0.348 e. The number of carbonyl (C=O) groups excluding carboxylic acids is 1. The molecule has 1 amide bonds. The van der Waals surface area contributed by atoms with Gasteiger partial charge in [0.05, 0.1) is 5.75 Å². The van der Waals surface area contributed by atoms with Crippen molar-refractivity contribution in [2.45, 2.75) is 26.1 Å². The van der Waals surface area contributed by atoms with Gasteiger partial charge in [0.1, 0.15) is 0 Å². The molecule has 0 aliphatic rings. The molecule has 23 heavy (non-hydrogen) atoms. The lowest BCUT2D eigenvalue weighted by molar-refractivity contribution is 0.0950. The van der Waals surface area contributed by atoms with E-state index in [-0.39, 0.29) is 11.7 Å². The van der Waals surface area contributed by atoms with Crippen LogP contribution in [-0.2, 0) is 22.3 Å². The van der Waals surface area contributed by atoms with Crippen LogP contribution in [0, 0.1) is 13.8 Å². The zero-order valence-electron chi connectivity index (χ0n) is 13.2. The van der Waals surface area contributed by atoms with Gasteiger partial charge >= 0.3 is 0 Å². The van der Waals surface area contributed by atoms with Gasteiger partial charge in [-0.25, -0.2) is 13.6 Å². The molecule has 0 radical (unpaired) electrons. The summed E-state index contributed by atoms with van der Waals surface area (Å²) in [5.74, 6) is -0.321. The van der Waals surface area contributed by atoms with Crippen LogP contribution in [0.1, 0.15) is 32.6 Å². The summed E-state index contributed by atoms with van der Waals surface area (Å²) in [4.78, 5) is 12.2. The summed E-state index contributed by atoms with van der Waals surface area (Å²) in [5.41, 5.74) is 4.22. The van der Waals surface area contributed by atoms with Gasteiger partial charge in [0.25, 0.3) is 5.91 Å². The molecule has 0 saturated heterocycles. The molecule has 122 valence electrons. The van der Waals surface area contributed by atoms with Crippen molar-refractivity contribution in [2.75, 3.05) is 0 Å². The smallest absolute Gasteiger partial charge is 0.251 e. The van der Waals surface area contributed by atoms with Gasteiger partial charge in [0.15, 0.2) is 0 Å². The number of rotatable bonds is 5. The van der Waals surface area contributed by atoms with Gasteiger partial charge in [-0.2, -0.15) is 0 Å². The first-order valence-electron chi connectivity index (χ1n) is 7.18. The number of hydrogen-bond acceptors (Lipinski definition) is 3. The second-order valence-electron chi connectivity index (χ2n) is 5.62. The first kappa shape index (κ1) is 17.2. The van der Waals surface area contributed by atoms with Crippen molar-refractivity contribution in [3.63, 3.8) is 0 Å². The Morgan fingerprint density at radius 2 is 1.65 bits per heavy atom. The van der Waals surface area contributed by atoms with Gasteiger partial charge in [-0.05, 0) is 36.6 Å². The molecule has 2 aromatic rings. The molecule has 0 aromatic heterocycles. The number of primary sulfonamides is 1. The molecule has 0 spiro atoms. The predicted octanol–water partition coefficient (Wildman–Crippen LogP) is 2.02. The summed E-state index contributed by atoms with van der Waals surface area (Å²) in [6.07, 6.45) is 0. The topological polar surface area (TPSA) is 89.3 Å². The van der Waals surface area contributed by atoms with E-state index >= 15 is 0 Å². The third kappa shape index (κ3) is 5.19. The molecule has 0 fully saturated rings. The highest BCUT2D eigenvalue weighted by Crippen LogP contribution is 2.11. The molecule has 2 aromatic carbocycles. The minimum atomic E-state index is -3.53. The number of sulfonamides is 1. The highest BCUT2D eigenvalue weighted by Gasteiger charge is 2.09. The molecule has 0 bridgehead atoms. The third-order valence-corrected chi connectivity index (χ3v) is 4.21. The number of amides is 1. The van der Waals surface area contributed by atoms with Gasteiger partial charge in [0.2, 0.25) is 10.0 Å². The maximum atomic E-state index is 12.2. The molecule has 5 nitrogen and oxygen atoms in total. The highest BCUT2D eigenvalue weighted by atomic mass is 32.2. The van der Waals surface area contributed by atoms with Crippen molar-refractivity contribution in [3.8, 4) is 0 Å². The Balaban J connectivity index is 1.99. The fraction of sp³-hybridized carbons (Fsp3) is 0.235. The maximum Gasteiger partial charge on any atom is 0.251 e. The van der Waals surface area contributed by atoms with Gasteiger partial charge in [0, 0.05) is 12.1 Å². The fourth-order valence-corrected chi connectivity index (χ4v) is 2.99. The summed E-state index contributed by atoms with van der Waals surface area (Å²) in [7, 11) is -3.53. The van der Waals surface area contributed by atoms with Gasteiger partial charge in [-0.15, -0.1) is 0 Å². The first-order chi connectivity index (χ1) is 10.7. The first-order valence-corrected chi connectivity index (χ1v) is 8.90. The quantitative estimate of drug-likeness (QED) is 0.878. The lowest BCUT2D eigenvalue weighted by Crippen LogP contribution is -2.23. The van der Waals surface area contributed by atoms with E-state index in [0.717, 1.165) is 16.7 Å². The zero-order valence-corrected chi connectivity index (χ0v) is 14.0.